The van der Waals surface area contributed by atoms with Crippen LogP contribution < -0.4 is 0 Å². The second-order valence-corrected chi connectivity index (χ2v) is 6.35. The lowest BCUT2D eigenvalue weighted by Gasteiger charge is -2.18. The van der Waals surface area contributed by atoms with Crippen LogP contribution in [0.25, 0.3) is 33.1 Å². The van der Waals surface area contributed by atoms with Crippen LogP contribution in [-0.2, 0) is 0 Å². The molecular formula is C18H8BrN3O. The summed E-state index contributed by atoms with van der Waals surface area (Å²) in [6.07, 6.45) is 3.44. The molecule has 0 N–H and O–H groups in total. The largest absolute Gasteiger partial charge is 0.287 e. The summed E-state index contributed by atoms with van der Waals surface area (Å²) in [5.74, 6) is -0.0968. The summed E-state index contributed by atoms with van der Waals surface area (Å²) in [6.45, 7) is 0. The quantitative estimate of drug-likeness (QED) is 0.388. The lowest BCUT2D eigenvalue weighted by Crippen LogP contribution is -2.14. The Kier molecular flexibility index (Phi) is 2.47. The van der Waals surface area contributed by atoms with E-state index >= 15 is 0 Å². The Morgan fingerprint density at radius 1 is 0.870 bits per heavy atom. The second kappa shape index (κ2) is 4.43. The Hall–Kier alpha value is -2.66. The molecule has 0 radical (unpaired) electrons. The highest BCUT2D eigenvalue weighted by molar-refractivity contribution is 9.10. The van der Waals surface area contributed by atoms with Gasteiger partial charge in [-0.1, -0.05) is 22.0 Å². The highest BCUT2D eigenvalue weighted by Gasteiger charge is 2.29. The highest BCUT2D eigenvalue weighted by atomic mass is 79.9. The first-order valence-electron chi connectivity index (χ1n) is 7.12. The molecule has 1 aliphatic carbocycles. The summed E-state index contributed by atoms with van der Waals surface area (Å²) >= 11 is 3.47. The molecule has 0 atom stereocenters. The van der Waals surface area contributed by atoms with E-state index in [0.29, 0.717) is 17.0 Å². The maximum Gasteiger partial charge on any atom is 0.214 e. The molecule has 0 aliphatic heterocycles. The van der Waals surface area contributed by atoms with Crippen molar-refractivity contribution in [1.29, 1.82) is 0 Å². The van der Waals surface area contributed by atoms with Gasteiger partial charge in [-0.2, -0.15) is 0 Å². The van der Waals surface area contributed by atoms with E-state index < -0.39 is 0 Å². The van der Waals surface area contributed by atoms with Crippen LogP contribution in [0.2, 0.25) is 0 Å². The number of hydrogen-bond acceptors (Lipinski definition) is 4. The zero-order valence-corrected chi connectivity index (χ0v) is 13.3. The predicted molar refractivity (Wildman–Crippen MR) is 91.4 cm³/mol. The van der Waals surface area contributed by atoms with Crippen LogP contribution in [0.15, 0.2) is 53.3 Å². The molecule has 108 valence electrons. The van der Waals surface area contributed by atoms with E-state index in [1.165, 1.54) is 0 Å². The van der Waals surface area contributed by atoms with Crippen LogP contribution >= 0.6 is 15.9 Å². The molecule has 0 unspecified atom stereocenters. The average Bonchev–Trinajstić information content (AvgIpc) is 2.59. The van der Waals surface area contributed by atoms with Crippen molar-refractivity contribution in [2.24, 2.45) is 0 Å². The van der Waals surface area contributed by atoms with Crippen molar-refractivity contribution in [3.8, 4) is 11.4 Å². The van der Waals surface area contributed by atoms with Gasteiger partial charge in [-0.3, -0.25) is 14.8 Å². The summed E-state index contributed by atoms with van der Waals surface area (Å²) in [5.41, 5.74) is 3.16. The standard InChI is InChI=1S/C18H8BrN3O/c19-9-3-4-10-11-5-7-21-16-14(11)17(22-13(10)8-9)18(23)12-2-1-6-20-15(12)16/h1-8H. The number of hydrogen-bond donors (Lipinski definition) is 0. The molecule has 0 bridgehead atoms. The Balaban J connectivity index is 2.06. The molecule has 3 aromatic heterocycles. The van der Waals surface area contributed by atoms with E-state index in [9.17, 15) is 4.79 Å². The molecule has 4 aromatic rings. The van der Waals surface area contributed by atoms with E-state index in [0.717, 1.165) is 31.8 Å². The van der Waals surface area contributed by atoms with Crippen molar-refractivity contribution < 1.29 is 4.79 Å². The Morgan fingerprint density at radius 3 is 2.65 bits per heavy atom. The fourth-order valence-electron chi connectivity index (χ4n) is 3.18. The molecule has 1 aromatic carbocycles. The van der Waals surface area contributed by atoms with Crippen molar-refractivity contribution in [2.45, 2.75) is 0 Å². The maximum atomic E-state index is 12.9. The molecule has 0 spiro atoms. The van der Waals surface area contributed by atoms with Crippen molar-refractivity contribution in [2.75, 3.05) is 0 Å². The third-order valence-corrected chi connectivity index (χ3v) is 4.65. The van der Waals surface area contributed by atoms with E-state index in [4.69, 9.17) is 0 Å². The van der Waals surface area contributed by atoms with Gasteiger partial charge in [0.05, 0.1) is 16.8 Å². The fraction of sp³-hybridized carbons (Fsp3) is 0. The average molecular weight is 362 g/mol. The normalized spacial score (nSPS) is 12.7. The summed E-state index contributed by atoms with van der Waals surface area (Å²) < 4.78 is 0.934. The van der Waals surface area contributed by atoms with Gasteiger partial charge in [-0.25, -0.2) is 4.98 Å². The number of pyridine rings is 3. The van der Waals surface area contributed by atoms with Crippen LogP contribution in [0.1, 0.15) is 16.1 Å². The van der Waals surface area contributed by atoms with E-state index in [-0.39, 0.29) is 5.78 Å². The molecule has 1 aliphatic rings. The summed E-state index contributed by atoms with van der Waals surface area (Å²) in [6, 6.07) is 11.4. The Bertz CT molecular complexity index is 1150. The Labute approximate surface area is 139 Å². The summed E-state index contributed by atoms with van der Waals surface area (Å²) in [7, 11) is 0. The summed E-state index contributed by atoms with van der Waals surface area (Å²) in [4.78, 5) is 26.4. The first-order valence-corrected chi connectivity index (χ1v) is 7.91. The molecule has 23 heavy (non-hydrogen) atoms. The minimum atomic E-state index is -0.0968. The van der Waals surface area contributed by atoms with Gasteiger partial charge in [0.25, 0.3) is 0 Å². The van der Waals surface area contributed by atoms with Crippen LogP contribution in [-0.4, -0.2) is 20.7 Å². The fourth-order valence-corrected chi connectivity index (χ4v) is 3.52. The number of carbonyl (C=O) groups excluding carboxylic acids is 1. The van der Waals surface area contributed by atoms with Crippen molar-refractivity contribution in [3.63, 3.8) is 0 Å². The predicted octanol–water partition coefficient (Wildman–Crippen LogP) is 4.15. The Morgan fingerprint density at radius 2 is 1.74 bits per heavy atom. The topological polar surface area (TPSA) is 55.7 Å². The minimum Gasteiger partial charge on any atom is -0.287 e. The van der Waals surface area contributed by atoms with E-state index in [2.05, 4.69) is 30.9 Å². The molecule has 0 saturated carbocycles. The van der Waals surface area contributed by atoms with Crippen molar-refractivity contribution >= 4 is 43.4 Å². The van der Waals surface area contributed by atoms with Crippen LogP contribution in [0.3, 0.4) is 0 Å². The van der Waals surface area contributed by atoms with Crippen molar-refractivity contribution in [3.05, 3.63) is 64.5 Å². The van der Waals surface area contributed by atoms with E-state index in [1.54, 1.807) is 24.5 Å². The third-order valence-electron chi connectivity index (χ3n) is 4.16. The molecule has 5 heteroatoms. The van der Waals surface area contributed by atoms with Gasteiger partial charge in [-0.15, -0.1) is 0 Å². The van der Waals surface area contributed by atoms with Crippen LogP contribution in [0.4, 0.5) is 0 Å². The number of ketones is 1. The summed E-state index contributed by atoms with van der Waals surface area (Å²) in [5, 5.41) is 2.77. The van der Waals surface area contributed by atoms with Gasteiger partial charge in [0.1, 0.15) is 11.4 Å². The first kappa shape index (κ1) is 12.8. The first-order chi connectivity index (χ1) is 11.2. The minimum absolute atomic E-state index is 0.0968. The number of rotatable bonds is 0. The van der Waals surface area contributed by atoms with Gasteiger partial charge in [0, 0.05) is 27.6 Å². The van der Waals surface area contributed by atoms with Crippen LogP contribution in [0.5, 0.6) is 0 Å². The smallest absolute Gasteiger partial charge is 0.214 e. The number of nitrogens with zero attached hydrogens (tertiary/aromatic N) is 3. The number of aromatic nitrogens is 3. The number of benzene rings is 1. The molecule has 0 amide bonds. The van der Waals surface area contributed by atoms with Gasteiger partial charge in [0.2, 0.25) is 5.78 Å². The lowest BCUT2D eigenvalue weighted by molar-refractivity contribution is 0.103. The van der Waals surface area contributed by atoms with E-state index in [1.807, 2.05) is 24.3 Å². The van der Waals surface area contributed by atoms with Crippen LogP contribution in [0, 0.1) is 0 Å². The van der Waals surface area contributed by atoms with Gasteiger partial charge < -0.3 is 0 Å². The second-order valence-electron chi connectivity index (χ2n) is 5.43. The van der Waals surface area contributed by atoms with Gasteiger partial charge >= 0.3 is 0 Å². The monoisotopic (exact) mass is 361 g/mol. The number of carbonyl (C=O) groups is 1. The molecule has 3 heterocycles. The highest BCUT2D eigenvalue weighted by Crippen LogP contribution is 2.38. The molecule has 0 saturated heterocycles. The SMILES string of the molecule is O=C1c2cccnc2-c2nccc3c2c1nc1cc(Br)ccc13. The number of halogens is 1. The molecule has 4 nitrogen and oxygen atoms in total. The van der Waals surface area contributed by atoms with Crippen molar-refractivity contribution in [1.82, 2.24) is 15.0 Å². The lowest BCUT2D eigenvalue weighted by atomic mass is 9.90. The van der Waals surface area contributed by atoms with Gasteiger partial charge in [-0.05, 0) is 35.7 Å². The zero-order valence-electron chi connectivity index (χ0n) is 11.7. The maximum absolute atomic E-state index is 12.9. The third kappa shape index (κ3) is 1.65. The zero-order chi connectivity index (χ0) is 15.6. The van der Waals surface area contributed by atoms with Gasteiger partial charge in [0.15, 0.2) is 0 Å². The number of fused-ring (bicyclic) bond motifs is 4. The molecular weight excluding hydrogens is 354 g/mol. The molecule has 5 rings (SSSR count). The molecule has 0 fully saturated rings.